The average Bonchev–Trinajstić information content (AvgIpc) is 2.68. The molecule has 33 heavy (non-hydrogen) atoms. The summed E-state index contributed by atoms with van der Waals surface area (Å²) in [7, 11) is 0. The Bertz CT molecular complexity index is 678. The Hall–Kier alpha value is -2.32. The second kappa shape index (κ2) is 12.8. The molecule has 1 aliphatic rings. The number of amides is 3. The van der Waals surface area contributed by atoms with E-state index in [1.165, 1.54) is 0 Å². The second-order valence-corrected chi connectivity index (χ2v) is 10.9. The number of hydrogen-bond acceptors (Lipinski definition) is 5. The number of aliphatic carboxylic acids is 1. The lowest BCUT2D eigenvalue weighted by molar-refractivity contribution is -0.143. The number of carboxylic acids is 1. The van der Waals surface area contributed by atoms with Crippen LogP contribution in [-0.2, 0) is 19.1 Å². The van der Waals surface area contributed by atoms with E-state index in [9.17, 15) is 24.3 Å². The maximum absolute atomic E-state index is 12.7. The molecule has 190 valence electrons. The number of alkyl carbamates (subject to hydrolysis) is 1. The van der Waals surface area contributed by atoms with Gasteiger partial charge in [-0.05, 0) is 70.6 Å². The summed E-state index contributed by atoms with van der Waals surface area (Å²) in [5, 5.41) is 17.6. The summed E-state index contributed by atoms with van der Waals surface area (Å²) in [6, 6.07) is -1.56. The quantitative estimate of drug-likeness (QED) is 0.388. The number of carbonyl (C=O) groups is 4. The van der Waals surface area contributed by atoms with Crippen molar-refractivity contribution >= 4 is 23.9 Å². The van der Waals surface area contributed by atoms with E-state index in [1.807, 2.05) is 27.7 Å². The summed E-state index contributed by atoms with van der Waals surface area (Å²) in [6.45, 7) is 13.3. The normalized spacial score (nSPS) is 20.6. The summed E-state index contributed by atoms with van der Waals surface area (Å²) in [6.07, 6.45) is 2.63. The molecule has 1 rings (SSSR count). The summed E-state index contributed by atoms with van der Waals surface area (Å²) < 4.78 is 5.26. The lowest BCUT2D eigenvalue weighted by Crippen LogP contribution is -2.51. The number of ether oxygens (including phenoxy) is 1. The summed E-state index contributed by atoms with van der Waals surface area (Å²) >= 11 is 0. The van der Waals surface area contributed by atoms with Gasteiger partial charge in [0.1, 0.15) is 17.7 Å². The minimum absolute atomic E-state index is 0.107. The fraction of sp³-hybridized carbons (Fsp3) is 0.833. The van der Waals surface area contributed by atoms with Crippen molar-refractivity contribution in [3.8, 4) is 0 Å². The number of rotatable bonds is 10. The predicted molar refractivity (Wildman–Crippen MR) is 125 cm³/mol. The standard InChI is InChI=1S/C24H43N3O6/c1-14(2)12-18(22(30)31)26-20(28)17-10-8-16(9-11-17)13-25-21(29)19(15(3)4)27-23(32)33-24(5,6)7/h14-19H,8-13H2,1-7H3,(H,25,29)(H,26,28)(H,27,32)(H,30,31)/t16?,17?,18-,19+/m0/s1. The van der Waals surface area contributed by atoms with Crippen molar-refractivity contribution in [1.82, 2.24) is 16.0 Å². The molecule has 0 unspecified atom stereocenters. The van der Waals surface area contributed by atoms with Gasteiger partial charge < -0.3 is 25.8 Å². The van der Waals surface area contributed by atoms with Crippen LogP contribution in [-0.4, -0.2) is 53.2 Å². The summed E-state index contributed by atoms with van der Waals surface area (Å²) in [4.78, 5) is 48.7. The van der Waals surface area contributed by atoms with Crippen molar-refractivity contribution in [2.75, 3.05) is 6.54 Å². The lowest BCUT2D eigenvalue weighted by Gasteiger charge is -2.30. The minimum atomic E-state index is -1.01. The average molecular weight is 470 g/mol. The molecule has 3 amide bonds. The molecule has 0 bridgehead atoms. The molecule has 1 fully saturated rings. The second-order valence-electron chi connectivity index (χ2n) is 10.9. The van der Waals surface area contributed by atoms with Crippen LogP contribution in [0, 0.1) is 23.7 Å². The van der Waals surface area contributed by atoms with E-state index in [1.54, 1.807) is 20.8 Å². The Morgan fingerprint density at radius 2 is 1.55 bits per heavy atom. The van der Waals surface area contributed by atoms with Crippen LogP contribution in [0.25, 0.3) is 0 Å². The molecule has 0 heterocycles. The van der Waals surface area contributed by atoms with Crippen LogP contribution >= 0.6 is 0 Å². The van der Waals surface area contributed by atoms with Crippen molar-refractivity contribution < 1.29 is 29.0 Å². The predicted octanol–water partition coefficient (Wildman–Crippen LogP) is 3.07. The van der Waals surface area contributed by atoms with Gasteiger partial charge in [0.25, 0.3) is 0 Å². The SMILES string of the molecule is CC(C)C[C@H](NC(=O)C1CCC(CNC(=O)[C@H](NC(=O)OC(C)(C)C)C(C)C)CC1)C(=O)O. The highest BCUT2D eigenvalue weighted by atomic mass is 16.6. The summed E-state index contributed by atoms with van der Waals surface area (Å²) in [5.74, 6) is -1.37. The molecule has 0 spiro atoms. The van der Waals surface area contributed by atoms with E-state index in [0.29, 0.717) is 25.8 Å². The molecule has 2 atom stereocenters. The molecule has 4 N–H and O–H groups in total. The summed E-state index contributed by atoms with van der Waals surface area (Å²) in [5.41, 5.74) is -0.647. The van der Waals surface area contributed by atoms with Gasteiger partial charge in [0.05, 0.1) is 0 Å². The molecular weight excluding hydrogens is 426 g/mol. The van der Waals surface area contributed by atoms with E-state index in [4.69, 9.17) is 4.74 Å². The Labute approximate surface area is 197 Å². The first kappa shape index (κ1) is 28.7. The van der Waals surface area contributed by atoms with E-state index in [-0.39, 0.29) is 35.5 Å². The van der Waals surface area contributed by atoms with Crippen LogP contribution < -0.4 is 16.0 Å². The third kappa shape index (κ3) is 10.9. The van der Waals surface area contributed by atoms with E-state index < -0.39 is 29.7 Å². The molecule has 0 aromatic carbocycles. The highest BCUT2D eigenvalue weighted by Crippen LogP contribution is 2.29. The molecule has 1 aliphatic carbocycles. The Morgan fingerprint density at radius 1 is 0.970 bits per heavy atom. The molecule has 9 nitrogen and oxygen atoms in total. The van der Waals surface area contributed by atoms with Crippen LogP contribution in [0.3, 0.4) is 0 Å². The molecule has 0 aromatic heterocycles. The topological polar surface area (TPSA) is 134 Å². The fourth-order valence-electron chi connectivity index (χ4n) is 3.94. The van der Waals surface area contributed by atoms with Crippen molar-refractivity contribution in [1.29, 1.82) is 0 Å². The van der Waals surface area contributed by atoms with Gasteiger partial charge >= 0.3 is 12.1 Å². The highest BCUT2D eigenvalue weighted by molar-refractivity contribution is 5.86. The van der Waals surface area contributed by atoms with Crippen molar-refractivity contribution in [3.05, 3.63) is 0 Å². The smallest absolute Gasteiger partial charge is 0.408 e. The maximum Gasteiger partial charge on any atom is 0.408 e. The molecule has 0 saturated heterocycles. The molecule has 0 aliphatic heterocycles. The minimum Gasteiger partial charge on any atom is -0.480 e. The van der Waals surface area contributed by atoms with Gasteiger partial charge in [-0.2, -0.15) is 0 Å². The van der Waals surface area contributed by atoms with E-state index in [2.05, 4.69) is 16.0 Å². The van der Waals surface area contributed by atoms with Crippen LogP contribution in [0.1, 0.15) is 80.6 Å². The zero-order valence-corrected chi connectivity index (χ0v) is 21.2. The number of carbonyl (C=O) groups excluding carboxylic acids is 3. The van der Waals surface area contributed by atoms with Crippen LogP contribution in [0.2, 0.25) is 0 Å². The first-order valence-corrected chi connectivity index (χ1v) is 12.0. The largest absolute Gasteiger partial charge is 0.480 e. The molecule has 1 saturated carbocycles. The zero-order valence-electron chi connectivity index (χ0n) is 21.2. The van der Waals surface area contributed by atoms with Gasteiger partial charge in [-0.1, -0.05) is 27.7 Å². The van der Waals surface area contributed by atoms with E-state index in [0.717, 1.165) is 12.8 Å². The van der Waals surface area contributed by atoms with E-state index >= 15 is 0 Å². The molecular formula is C24H43N3O6. The number of nitrogens with one attached hydrogen (secondary N) is 3. The van der Waals surface area contributed by atoms with Gasteiger partial charge in [0.2, 0.25) is 11.8 Å². The van der Waals surface area contributed by atoms with Gasteiger partial charge in [0.15, 0.2) is 0 Å². The lowest BCUT2D eigenvalue weighted by atomic mass is 9.81. The van der Waals surface area contributed by atoms with Crippen molar-refractivity contribution in [3.63, 3.8) is 0 Å². The zero-order chi connectivity index (χ0) is 25.3. The molecule has 9 heteroatoms. The van der Waals surface area contributed by atoms with Crippen LogP contribution in [0.15, 0.2) is 0 Å². The number of hydrogen-bond donors (Lipinski definition) is 4. The van der Waals surface area contributed by atoms with Crippen molar-refractivity contribution in [2.24, 2.45) is 23.7 Å². The first-order chi connectivity index (χ1) is 15.2. The third-order valence-electron chi connectivity index (χ3n) is 5.73. The van der Waals surface area contributed by atoms with Crippen LogP contribution in [0.5, 0.6) is 0 Å². The number of carboxylic acid groups (broad SMARTS) is 1. The highest BCUT2D eigenvalue weighted by Gasteiger charge is 2.31. The Kier molecular flexibility index (Phi) is 11.1. The molecule has 0 aromatic rings. The van der Waals surface area contributed by atoms with Crippen molar-refractivity contribution in [2.45, 2.75) is 98.3 Å². The van der Waals surface area contributed by atoms with Gasteiger partial charge in [-0.3, -0.25) is 9.59 Å². The Morgan fingerprint density at radius 3 is 2.00 bits per heavy atom. The Balaban J connectivity index is 2.50. The van der Waals surface area contributed by atoms with Gasteiger partial charge in [0, 0.05) is 12.5 Å². The van der Waals surface area contributed by atoms with Crippen LogP contribution in [0.4, 0.5) is 4.79 Å². The maximum atomic E-state index is 12.7. The fourth-order valence-corrected chi connectivity index (χ4v) is 3.94. The van der Waals surface area contributed by atoms with Gasteiger partial charge in [-0.25, -0.2) is 9.59 Å². The first-order valence-electron chi connectivity index (χ1n) is 12.0. The van der Waals surface area contributed by atoms with Gasteiger partial charge in [-0.15, -0.1) is 0 Å². The monoisotopic (exact) mass is 469 g/mol. The third-order valence-corrected chi connectivity index (χ3v) is 5.73. The molecule has 0 radical (unpaired) electrons.